The molecule has 0 aliphatic carbocycles. The Morgan fingerprint density at radius 1 is 1.18 bits per heavy atom. The van der Waals surface area contributed by atoms with Gasteiger partial charge in [0, 0.05) is 37.1 Å². The Hall–Kier alpha value is -0.820. The number of carbonyl (C=O) groups is 1. The second kappa shape index (κ2) is 10.3. The van der Waals surface area contributed by atoms with Crippen LogP contribution >= 0.6 is 23.2 Å². The fourth-order valence-electron chi connectivity index (χ4n) is 3.65. The number of nitrogens with zero attached hydrogens (tertiary/aromatic N) is 2. The normalized spacial score (nSPS) is 16.5. The fourth-order valence-corrected chi connectivity index (χ4v) is 5.86. The maximum Gasteiger partial charge on any atom is 0.244 e. The van der Waals surface area contributed by atoms with E-state index in [4.69, 9.17) is 23.2 Å². The van der Waals surface area contributed by atoms with Crippen LogP contribution in [0, 0.1) is 11.8 Å². The van der Waals surface area contributed by atoms with E-state index in [9.17, 15) is 13.2 Å². The minimum atomic E-state index is -3.73. The summed E-state index contributed by atoms with van der Waals surface area (Å²) in [5.41, 5.74) is 0. The molecule has 1 fully saturated rings. The van der Waals surface area contributed by atoms with Gasteiger partial charge in [-0.2, -0.15) is 4.31 Å². The fraction of sp³-hybridized carbons (Fsp3) is 0.650. The van der Waals surface area contributed by atoms with E-state index >= 15 is 0 Å². The Bertz CT molecular complexity index is 774. The maximum absolute atomic E-state index is 12.9. The molecule has 1 aliphatic rings. The molecule has 2 rings (SSSR count). The molecule has 8 heteroatoms. The molecule has 0 bridgehead atoms. The Labute approximate surface area is 179 Å². The van der Waals surface area contributed by atoms with E-state index in [1.165, 1.54) is 16.4 Å². The summed E-state index contributed by atoms with van der Waals surface area (Å²) in [5, 5.41) is 0.484. The van der Waals surface area contributed by atoms with Crippen molar-refractivity contribution < 1.29 is 13.2 Å². The molecule has 0 aromatic heterocycles. The van der Waals surface area contributed by atoms with Crippen molar-refractivity contribution in [3.63, 3.8) is 0 Å². The van der Waals surface area contributed by atoms with Crippen molar-refractivity contribution in [2.75, 3.05) is 26.2 Å². The molecule has 5 nitrogen and oxygen atoms in total. The SMILES string of the molecule is CCC(CC)CN(CC)C(=O)C1CCN(S(=O)(=O)c2cc(Cl)ccc2Cl)CC1. The summed E-state index contributed by atoms with van der Waals surface area (Å²) in [6, 6.07) is 4.43. The molecule has 158 valence electrons. The summed E-state index contributed by atoms with van der Waals surface area (Å²) >= 11 is 12.0. The lowest BCUT2D eigenvalue weighted by Crippen LogP contribution is -2.45. The highest BCUT2D eigenvalue weighted by Gasteiger charge is 2.34. The average molecular weight is 449 g/mol. The topological polar surface area (TPSA) is 57.7 Å². The van der Waals surface area contributed by atoms with Crippen molar-refractivity contribution in [3.8, 4) is 0 Å². The van der Waals surface area contributed by atoms with Crippen LogP contribution in [-0.4, -0.2) is 49.7 Å². The van der Waals surface area contributed by atoms with Crippen molar-refractivity contribution in [3.05, 3.63) is 28.2 Å². The number of carbonyl (C=O) groups excluding carboxylic acids is 1. The highest BCUT2D eigenvalue weighted by atomic mass is 35.5. The Balaban J connectivity index is 2.05. The molecule has 0 saturated carbocycles. The lowest BCUT2D eigenvalue weighted by Gasteiger charge is -2.34. The molecule has 0 N–H and O–H groups in total. The van der Waals surface area contributed by atoms with Crippen LogP contribution in [0.25, 0.3) is 0 Å². The lowest BCUT2D eigenvalue weighted by molar-refractivity contribution is -0.137. The maximum atomic E-state index is 12.9. The van der Waals surface area contributed by atoms with Gasteiger partial charge in [0.15, 0.2) is 0 Å². The first-order valence-electron chi connectivity index (χ1n) is 9.98. The van der Waals surface area contributed by atoms with E-state index in [2.05, 4.69) is 13.8 Å². The van der Waals surface area contributed by atoms with Gasteiger partial charge in [0.1, 0.15) is 4.90 Å². The second-order valence-corrected chi connectivity index (χ2v) is 10.1. The molecule has 0 spiro atoms. The van der Waals surface area contributed by atoms with E-state index in [0.717, 1.165) is 19.4 Å². The van der Waals surface area contributed by atoms with Crippen molar-refractivity contribution in [1.29, 1.82) is 0 Å². The van der Waals surface area contributed by atoms with E-state index in [-0.39, 0.29) is 21.7 Å². The quantitative estimate of drug-likeness (QED) is 0.579. The number of amides is 1. The predicted molar refractivity (Wildman–Crippen MR) is 114 cm³/mol. The third-order valence-corrected chi connectivity index (χ3v) is 8.26. The van der Waals surface area contributed by atoms with Crippen LogP contribution in [0.1, 0.15) is 46.5 Å². The Morgan fingerprint density at radius 2 is 1.79 bits per heavy atom. The van der Waals surface area contributed by atoms with Gasteiger partial charge in [0.05, 0.1) is 5.02 Å². The molecular weight excluding hydrogens is 419 g/mol. The first-order chi connectivity index (χ1) is 13.2. The molecule has 1 heterocycles. The monoisotopic (exact) mass is 448 g/mol. The Morgan fingerprint density at radius 3 is 2.32 bits per heavy atom. The van der Waals surface area contributed by atoms with Gasteiger partial charge in [-0.15, -0.1) is 0 Å². The molecule has 28 heavy (non-hydrogen) atoms. The molecule has 0 radical (unpaired) electrons. The summed E-state index contributed by atoms with van der Waals surface area (Å²) in [4.78, 5) is 14.9. The molecule has 1 aromatic carbocycles. The van der Waals surface area contributed by atoms with Crippen LogP contribution in [0.5, 0.6) is 0 Å². The summed E-state index contributed by atoms with van der Waals surface area (Å²) in [6.45, 7) is 8.38. The second-order valence-electron chi connectivity index (χ2n) is 7.31. The third kappa shape index (κ3) is 5.41. The largest absolute Gasteiger partial charge is 0.342 e. The van der Waals surface area contributed by atoms with E-state index in [0.29, 0.717) is 43.4 Å². The summed E-state index contributed by atoms with van der Waals surface area (Å²) in [5.74, 6) is 0.525. The highest BCUT2D eigenvalue weighted by molar-refractivity contribution is 7.89. The molecule has 1 aromatic rings. The summed E-state index contributed by atoms with van der Waals surface area (Å²) in [6.07, 6.45) is 3.15. The minimum absolute atomic E-state index is 0.0235. The van der Waals surface area contributed by atoms with Crippen LogP contribution in [0.2, 0.25) is 10.0 Å². The molecule has 0 unspecified atom stereocenters. The van der Waals surface area contributed by atoms with Gasteiger partial charge in [-0.3, -0.25) is 4.79 Å². The van der Waals surface area contributed by atoms with Crippen LogP contribution in [0.4, 0.5) is 0 Å². The van der Waals surface area contributed by atoms with Gasteiger partial charge in [-0.05, 0) is 43.9 Å². The van der Waals surface area contributed by atoms with E-state index in [1.807, 2.05) is 11.8 Å². The van der Waals surface area contributed by atoms with Crippen molar-refractivity contribution in [1.82, 2.24) is 9.21 Å². The van der Waals surface area contributed by atoms with Gasteiger partial charge < -0.3 is 4.90 Å². The smallest absolute Gasteiger partial charge is 0.244 e. The lowest BCUT2D eigenvalue weighted by atomic mass is 9.95. The van der Waals surface area contributed by atoms with Gasteiger partial charge in [-0.1, -0.05) is 49.9 Å². The molecule has 1 aliphatic heterocycles. The van der Waals surface area contributed by atoms with E-state index in [1.54, 1.807) is 6.07 Å². The van der Waals surface area contributed by atoms with Crippen LogP contribution in [0.3, 0.4) is 0 Å². The van der Waals surface area contributed by atoms with Crippen LogP contribution in [-0.2, 0) is 14.8 Å². The molecule has 1 amide bonds. The summed E-state index contributed by atoms with van der Waals surface area (Å²) in [7, 11) is -3.73. The number of benzene rings is 1. The highest BCUT2D eigenvalue weighted by Crippen LogP contribution is 2.31. The first-order valence-corrected chi connectivity index (χ1v) is 12.2. The number of hydrogen-bond acceptors (Lipinski definition) is 3. The predicted octanol–water partition coefficient (Wildman–Crippen LogP) is 4.68. The summed E-state index contributed by atoms with van der Waals surface area (Å²) < 4.78 is 27.3. The average Bonchev–Trinajstić information content (AvgIpc) is 2.70. The zero-order valence-electron chi connectivity index (χ0n) is 16.8. The van der Waals surface area contributed by atoms with E-state index < -0.39 is 10.0 Å². The van der Waals surface area contributed by atoms with Crippen molar-refractivity contribution in [2.45, 2.75) is 51.3 Å². The Kier molecular flexibility index (Phi) is 8.61. The molecule has 1 saturated heterocycles. The standard InChI is InChI=1S/C20H30Cl2N2O3S/c1-4-15(5-2)14-23(6-3)20(25)16-9-11-24(12-10-16)28(26,27)19-13-17(21)7-8-18(19)22/h7-8,13,15-16H,4-6,9-12,14H2,1-3H3. The number of rotatable bonds is 8. The van der Waals surface area contributed by atoms with Crippen LogP contribution in [0.15, 0.2) is 23.1 Å². The zero-order valence-corrected chi connectivity index (χ0v) is 19.2. The number of piperidine rings is 1. The number of halogens is 2. The van der Waals surface area contributed by atoms with Gasteiger partial charge >= 0.3 is 0 Å². The van der Waals surface area contributed by atoms with Crippen molar-refractivity contribution in [2.24, 2.45) is 11.8 Å². The molecular formula is C20H30Cl2N2O3S. The minimum Gasteiger partial charge on any atom is -0.342 e. The number of sulfonamides is 1. The third-order valence-electron chi connectivity index (χ3n) is 5.64. The number of hydrogen-bond donors (Lipinski definition) is 0. The first kappa shape index (κ1) is 23.5. The van der Waals surface area contributed by atoms with Gasteiger partial charge in [0.25, 0.3) is 0 Å². The van der Waals surface area contributed by atoms with Crippen molar-refractivity contribution >= 4 is 39.1 Å². The molecule has 0 atom stereocenters. The van der Waals surface area contributed by atoms with Crippen LogP contribution < -0.4 is 0 Å². The van der Waals surface area contributed by atoms with Gasteiger partial charge in [0.2, 0.25) is 15.9 Å². The zero-order chi connectivity index (χ0) is 20.9. The van der Waals surface area contributed by atoms with Gasteiger partial charge in [-0.25, -0.2) is 8.42 Å².